The Bertz CT molecular complexity index is 1370. The lowest BCUT2D eigenvalue weighted by Gasteiger charge is -2.27. The van der Waals surface area contributed by atoms with Gasteiger partial charge in [0.15, 0.2) is 0 Å². The third kappa shape index (κ3) is 4.04. The van der Waals surface area contributed by atoms with Crippen molar-refractivity contribution in [1.82, 2.24) is 24.8 Å². The van der Waals surface area contributed by atoms with Gasteiger partial charge in [0.2, 0.25) is 0 Å². The number of aromatic amines is 1. The minimum Gasteiger partial charge on any atom is -0.306 e. The monoisotopic (exact) mass is 420 g/mol. The Labute approximate surface area is 185 Å². The second kappa shape index (κ2) is 8.53. The van der Waals surface area contributed by atoms with Crippen molar-refractivity contribution in [3.05, 3.63) is 99.9 Å². The zero-order valence-electron chi connectivity index (χ0n) is 17.3. The average molecular weight is 420 g/mol. The third-order valence-electron chi connectivity index (χ3n) is 5.58. The maximum absolute atomic E-state index is 12.8. The molecule has 3 aromatic heterocycles. The summed E-state index contributed by atoms with van der Waals surface area (Å²) in [6, 6.07) is 19.2. The number of nitriles is 1. The molecular formula is C25H20N6O. The van der Waals surface area contributed by atoms with Crippen molar-refractivity contribution in [3.8, 4) is 28.7 Å². The Morgan fingerprint density at radius 1 is 1.03 bits per heavy atom. The van der Waals surface area contributed by atoms with Crippen LogP contribution < -0.4 is 5.56 Å². The Morgan fingerprint density at radius 2 is 1.88 bits per heavy atom. The minimum absolute atomic E-state index is 0.0958. The second-order valence-electron chi connectivity index (χ2n) is 7.74. The van der Waals surface area contributed by atoms with Crippen LogP contribution in [0.25, 0.3) is 22.6 Å². The normalized spacial score (nSPS) is 13.3. The largest absolute Gasteiger partial charge is 0.306 e. The van der Waals surface area contributed by atoms with E-state index in [1.54, 1.807) is 18.5 Å². The molecule has 0 saturated heterocycles. The van der Waals surface area contributed by atoms with Crippen LogP contribution in [-0.2, 0) is 19.5 Å². The molecule has 0 fully saturated rings. The predicted molar refractivity (Wildman–Crippen MR) is 120 cm³/mol. The molecule has 156 valence electrons. The van der Waals surface area contributed by atoms with Crippen LogP contribution in [0.15, 0.2) is 71.8 Å². The van der Waals surface area contributed by atoms with Gasteiger partial charge in [-0.3, -0.25) is 19.7 Å². The van der Waals surface area contributed by atoms with E-state index in [1.807, 2.05) is 48.5 Å². The minimum atomic E-state index is -0.0958. The highest BCUT2D eigenvalue weighted by molar-refractivity contribution is 5.61. The van der Waals surface area contributed by atoms with Gasteiger partial charge in [0.25, 0.3) is 5.56 Å². The smallest absolute Gasteiger partial charge is 0.255 e. The summed E-state index contributed by atoms with van der Waals surface area (Å²) < 4.78 is 0. The summed E-state index contributed by atoms with van der Waals surface area (Å²) in [6.07, 6.45) is 4.09. The van der Waals surface area contributed by atoms with Crippen molar-refractivity contribution in [2.75, 3.05) is 6.54 Å². The van der Waals surface area contributed by atoms with Crippen LogP contribution in [0.2, 0.25) is 0 Å². The van der Waals surface area contributed by atoms with Gasteiger partial charge in [-0.15, -0.1) is 0 Å². The SMILES string of the molecule is N#Cc1cccc(-c2cccc(CN3CCc4nc(-c5ccncc5)[nH]c(=O)c4C3)n2)c1. The van der Waals surface area contributed by atoms with Crippen molar-refractivity contribution < 1.29 is 0 Å². The summed E-state index contributed by atoms with van der Waals surface area (Å²) in [5.74, 6) is 0.582. The fraction of sp³-hybridized carbons (Fsp3) is 0.160. The molecule has 1 aromatic carbocycles. The van der Waals surface area contributed by atoms with Crippen LogP contribution in [0.4, 0.5) is 0 Å². The molecule has 7 heteroatoms. The van der Waals surface area contributed by atoms with Crippen LogP contribution >= 0.6 is 0 Å². The molecule has 4 aromatic rings. The lowest BCUT2D eigenvalue weighted by atomic mass is 10.1. The Hall–Kier alpha value is -4.15. The third-order valence-corrected chi connectivity index (χ3v) is 5.58. The first kappa shape index (κ1) is 19.8. The van der Waals surface area contributed by atoms with Gasteiger partial charge in [-0.25, -0.2) is 4.98 Å². The molecule has 0 amide bonds. The number of pyridine rings is 2. The number of rotatable bonds is 4. The van der Waals surface area contributed by atoms with Gasteiger partial charge in [0.05, 0.1) is 34.3 Å². The summed E-state index contributed by atoms with van der Waals surface area (Å²) in [5, 5.41) is 9.15. The number of aromatic nitrogens is 4. The van der Waals surface area contributed by atoms with Gasteiger partial charge in [-0.2, -0.15) is 5.26 Å². The highest BCUT2D eigenvalue weighted by atomic mass is 16.1. The van der Waals surface area contributed by atoms with Gasteiger partial charge >= 0.3 is 0 Å². The standard InChI is InChI=1S/C25H20N6O/c26-14-17-3-1-4-19(13-17)22-6-2-5-20(28-22)15-31-12-9-23-21(16-31)25(32)30-24(29-23)18-7-10-27-11-8-18/h1-8,10-11,13H,9,12,15-16H2,(H,29,30,32). The van der Waals surface area contributed by atoms with E-state index in [2.05, 4.69) is 20.9 Å². The second-order valence-corrected chi connectivity index (χ2v) is 7.74. The molecule has 4 heterocycles. The van der Waals surface area contributed by atoms with Crippen molar-refractivity contribution in [1.29, 1.82) is 5.26 Å². The maximum Gasteiger partial charge on any atom is 0.255 e. The molecular weight excluding hydrogens is 400 g/mol. The number of benzene rings is 1. The highest BCUT2D eigenvalue weighted by Crippen LogP contribution is 2.22. The molecule has 32 heavy (non-hydrogen) atoms. The molecule has 1 aliphatic rings. The molecule has 0 atom stereocenters. The van der Waals surface area contributed by atoms with E-state index < -0.39 is 0 Å². The van der Waals surface area contributed by atoms with Crippen molar-refractivity contribution >= 4 is 0 Å². The quantitative estimate of drug-likeness (QED) is 0.544. The van der Waals surface area contributed by atoms with E-state index in [0.717, 1.165) is 34.8 Å². The molecule has 1 N–H and O–H groups in total. The zero-order valence-corrected chi connectivity index (χ0v) is 17.3. The number of H-pyrrole nitrogens is 1. The summed E-state index contributed by atoms with van der Waals surface area (Å²) >= 11 is 0. The Kier molecular flexibility index (Phi) is 5.28. The molecule has 0 radical (unpaired) electrons. The van der Waals surface area contributed by atoms with Crippen LogP contribution in [0.1, 0.15) is 22.5 Å². The fourth-order valence-corrected chi connectivity index (χ4v) is 3.97. The number of nitrogens with one attached hydrogen (secondary N) is 1. The first-order valence-electron chi connectivity index (χ1n) is 10.4. The number of hydrogen-bond acceptors (Lipinski definition) is 6. The van der Waals surface area contributed by atoms with E-state index in [4.69, 9.17) is 15.2 Å². The number of hydrogen-bond donors (Lipinski definition) is 1. The molecule has 0 aliphatic carbocycles. The number of fused-ring (bicyclic) bond motifs is 1. The molecule has 5 rings (SSSR count). The average Bonchev–Trinajstić information content (AvgIpc) is 2.85. The van der Waals surface area contributed by atoms with Crippen LogP contribution in [0.5, 0.6) is 0 Å². The summed E-state index contributed by atoms with van der Waals surface area (Å²) in [5.41, 5.74) is 5.60. The van der Waals surface area contributed by atoms with Gasteiger partial charge in [-0.05, 0) is 36.4 Å². The van der Waals surface area contributed by atoms with Gasteiger partial charge in [-0.1, -0.05) is 18.2 Å². The van der Waals surface area contributed by atoms with Gasteiger partial charge in [0, 0.05) is 49.6 Å². The molecule has 1 aliphatic heterocycles. The van der Waals surface area contributed by atoms with Crippen molar-refractivity contribution in [2.45, 2.75) is 19.5 Å². The highest BCUT2D eigenvalue weighted by Gasteiger charge is 2.22. The topological polar surface area (TPSA) is 98.6 Å². The summed E-state index contributed by atoms with van der Waals surface area (Å²) in [6.45, 7) is 1.97. The molecule has 0 unspecified atom stereocenters. The van der Waals surface area contributed by atoms with E-state index in [9.17, 15) is 4.79 Å². The molecule has 0 bridgehead atoms. The lowest BCUT2D eigenvalue weighted by molar-refractivity contribution is 0.239. The molecule has 0 saturated carbocycles. The Balaban J connectivity index is 1.36. The zero-order chi connectivity index (χ0) is 21.9. The van der Waals surface area contributed by atoms with Gasteiger partial charge in [0.1, 0.15) is 5.82 Å². The van der Waals surface area contributed by atoms with Crippen LogP contribution in [-0.4, -0.2) is 31.4 Å². The summed E-state index contributed by atoms with van der Waals surface area (Å²) in [4.78, 5) is 31.4. The molecule has 7 nitrogen and oxygen atoms in total. The number of nitrogens with zero attached hydrogens (tertiary/aromatic N) is 5. The Morgan fingerprint density at radius 3 is 2.72 bits per heavy atom. The van der Waals surface area contributed by atoms with Gasteiger partial charge < -0.3 is 4.98 Å². The fourth-order valence-electron chi connectivity index (χ4n) is 3.97. The van der Waals surface area contributed by atoms with E-state index in [1.165, 1.54) is 0 Å². The van der Waals surface area contributed by atoms with E-state index in [-0.39, 0.29) is 5.56 Å². The van der Waals surface area contributed by atoms with E-state index >= 15 is 0 Å². The van der Waals surface area contributed by atoms with E-state index in [0.29, 0.717) is 36.5 Å². The maximum atomic E-state index is 12.8. The molecule has 0 spiro atoms. The first-order chi connectivity index (χ1) is 15.7. The van der Waals surface area contributed by atoms with Crippen LogP contribution in [0.3, 0.4) is 0 Å². The van der Waals surface area contributed by atoms with Crippen molar-refractivity contribution in [2.24, 2.45) is 0 Å². The van der Waals surface area contributed by atoms with Crippen molar-refractivity contribution in [3.63, 3.8) is 0 Å². The lowest BCUT2D eigenvalue weighted by Crippen LogP contribution is -2.35. The summed E-state index contributed by atoms with van der Waals surface area (Å²) in [7, 11) is 0. The van der Waals surface area contributed by atoms with Crippen LogP contribution in [0, 0.1) is 11.3 Å². The predicted octanol–water partition coefficient (Wildman–Crippen LogP) is 3.32. The first-order valence-corrected chi connectivity index (χ1v) is 10.4.